The maximum atomic E-state index is 11.6. The second-order valence-corrected chi connectivity index (χ2v) is 5.18. The van der Waals surface area contributed by atoms with Crippen LogP contribution >= 0.6 is 0 Å². The van der Waals surface area contributed by atoms with Crippen LogP contribution in [0.3, 0.4) is 0 Å². The van der Waals surface area contributed by atoms with Crippen LogP contribution in [-0.2, 0) is 24.1 Å². The van der Waals surface area contributed by atoms with Gasteiger partial charge in [-0.05, 0) is 29.8 Å². The molecule has 0 unspecified atom stereocenters. The van der Waals surface area contributed by atoms with Gasteiger partial charge >= 0.3 is 16.1 Å². The van der Waals surface area contributed by atoms with Crippen LogP contribution in [0.15, 0.2) is 41.3 Å². The summed E-state index contributed by atoms with van der Waals surface area (Å²) in [7, 11) is -4.10. The van der Waals surface area contributed by atoms with Crippen LogP contribution in [0.4, 0.5) is 0 Å². The Hall–Kier alpha value is -1.66. The molecule has 18 heavy (non-hydrogen) atoms. The van der Waals surface area contributed by atoms with Gasteiger partial charge in [0.15, 0.2) is 0 Å². The molecule has 6 heteroatoms. The number of hydrogen-bond acceptors (Lipinski definition) is 5. The molecular formula is C12H14O5S. The molecule has 0 saturated carbocycles. The van der Waals surface area contributed by atoms with Crippen molar-refractivity contribution in [2.75, 3.05) is 0 Å². The molecular weight excluding hydrogens is 256 g/mol. The minimum Gasteiger partial charge on any atom is -0.276 e. The van der Waals surface area contributed by atoms with Gasteiger partial charge in [0.2, 0.25) is 0 Å². The largest absolute Gasteiger partial charge is 0.370 e. The summed E-state index contributed by atoms with van der Waals surface area (Å²) in [6, 6.07) is 5.96. The molecule has 0 aliphatic rings. The number of rotatable bonds is 5. The van der Waals surface area contributed by atoms with Gasteiger partial charge in [-0.15, -0.1) is 0 Å². The second-order valence-electron chi connectivity index (χ2n) is 3.66. The summed E-state index contributed by atoms with van der Waals surface area (Å²) >= 11 is 0. The van der Waals surface area contributed by atoms with Crippen molar-refractivity contribution in [3.63, 3.8) is 0 Å². The molecule has 0 aliphatic carbocycles. The standard InChI is InChI=1S/C12H14O5S/c1-4-10(3)12(13)16-17-18(14,15)11-7-5-9(2)6-8-11/h5-8H,3-4H2,1-2H3. The first-order chi connectivity index (χ1) is 8.36. The Labute approximate surface area is 106 Å². The molecule has 1 rings (SSSR count). The third-order valence-corrected chi connectivity index (χ3v) is 3.32. The first-order valence-electron chi connectivity index (χ1n) is 5.26. The molecule has 0 heterocycles. The molecule has 0 N–H and O–H groups in total. The van der Waals surface area contributed by atoms with Gasteiger partial charge in [-0.2, -0.15) is 8.42 Å². The quantitative estimate of drug-likeness (QED) is 0.465. The van der Waals surface area contributed by atoms with Crippen molar-refractivity contribution in [2.24, 2.45) is 0 Å². The van der Waals surface area contributed by atoms with E-state index in [9.17, 15) is 13.2 Å². The van der Waals surface area contributed by atoms with E-state index in [0.717, 1.165) is 5.56 Å². The normalized spacial score (nSPS) is 11.0. The van der Waals surface area contributed by atoms with Crippen LogP contribution in [-0.4, -0.2) is 14.4 Å². The molecule has 0 amide bonds. The smallest absolute Gasteiger partial charge is 0.276 e. The minimum atomic E-state index is -4.10. The first-order valence-corrected chi connectivity index (χ1v) is 6.67. The fraction of sp³-hybridized carbons (Fsp3) is 0.250. The van der Waals surface area contributed by atoms with Gasteiger partial charge in [0.25, 0.3) is 0 Å². The van der Waals surface area contributed by atoms with E-state index in [0.29, 0.717) is 6.42 Å². The van der Waals surface area contributed by atoms with Gasteiger partial charge in [-0.25, -0.2) is 4.79 Å². The van der Waals surface area contributed by atoms with Gasteiger partial charge in [0.1, 0.15) is 0 Å². The Morgan fingerprint density at radius 1 is 1.28 bits per heavy atom. The van der Waals surface area contributed by atoms with E-state index in [1.165, 1.54) is 12.1 Å². The second kappa shape index (κ2) is 5.79. The topological polar surface area (TPSA) is 69.7 Å². The van der Waals surface area contributed by atoms with Crippen molar-refractivity contribution in [2.45, 2.75) is 25.2 Å². The van der Waals surface area contributed by atoms with E-state index < -0.39 is 16.1 Å². The van der Waals surface area contributed by atoms with Crippen molar-refractivity contribution in [1.29, 1.82) is 0 Å². The van der Waals surface area contributed by atoms with Crippen LogP contribution in [0.5, 0.6) is 0 Å². The van der Waals surface area contributed by atoms with E-state index in [-0.39, 0.29) is 10.5 Å². The Bertz CT molecular complexity index is 542. The molecule has 0 radical (unpaired) electrons. The lowest BCUT2D eigenvalue weighted by Crippen LogP contribution is -2.13. The summed E-state index contributed by atoms with van der Waals surface area (Å²) in [5, 5.41) is 0. The Kier molecular flexibility index (Phi) is 4.63. The highest BCUT2D eigenvalue weighted by atomic mass is 32.2. The minimum absolute atomic E-state index is 0.0805. The maximum Gasteiger partial charge on any atom is 0.370 e. The summed E-state index contributed by atoms with van der Waals surface area (Å²) in [4.78, 5) is 15.3. The van der Waals surface area contributed by atoms with Crippen molar-refractivity contribution >= 4 is 16.1 Å². The van der Waals surface area contributed by atoms with Crippen LogP contribution < -0.4 is 0 Å². The molecule has 0 spiro atoms. The number of hydrogen-bond donors (Lipinski definition) is 0. The number of carbonyl (C=O) groups is 1. The summed E-state index contributed by atoms with van der Waals surface area (Å²) in [5.74, 6) is -0.895. The first kappa shape index (κ1) is 14.4. The molecule has 0 atom stereocenters. The number of benzene rings is 1. The molecule has 0 bridgehead atoms. The molecule has 0 fully saturated rings. The van der Waals surface area contributed by atoms with E-state index in [2.05, 4.69) is 15.8 Å². The van der Waals surface area contributed by atoms with E-state index in [1.807, 2.05) is 6.92 Å². The monoisotopic (exact) mass is 270 g/mol. The fourth-order valence-electron chi connectivity index (χ4n) is 1.02. The third kappa shape index (κ3) is 3.68. The highest BCUT2D eigenvalue weighted by molar-refractivity contribution is 7.86. The Morgan fingerprint density at radius 2 is 1.83 bits per heavy atom. The fourth-order valence-corrected chi connectivity index (χ4v) is 1.72. The predicted octanol–water partition coefficient (Wildman–Crippen LogP) is 2.12. The van der Waals surface area contributed by atoms with Crippen molar-refractivity contribution in [3.8, 4) is 0 Å². The number of aryl methyl sites for hydroxylation is 1. The van der Waals surface area contributed by atoms with Gasteiger partial charge in [0, 0.05) is 5.57 Å². The SMILES string of the molecule is C=C(CC)C(=O)OOS(=O)(=O)c1ccc(C)cc1. The summed E-state index contributed by atoms with van der Waals surface area (Å²) in [5.41, 5.74) is 1.04. The highest BCUT2D eigenvalue weighted by Crippen LogP contribution is 2.14. The Balaban J connectivity index is 2.74. The zero-order valence-electron chi connectivity index (χ0n) is 10.2. The van der Waals surface area contributed by atoms with Gasteiger partial charge in [0.05, 0.1) is 4.90 Å². The van der Waals surface area contributed by atoms with E-state index in [4.69, 9.17) is 0 Å². The van der Waals surface area contributed by atoms with Crippen LogP contribution in [0, 0.1) is 6.92 Å². The zero-order chi connectivity index (χ0) is 13.8. The third-order valence-electron chi connectivity index (χ3n) is 2.22. The predicted molar refractivity (Wildman–Crippen MR) is 65.0 cm³/mol. The highest BCUT2D eigenvalue weighted by Gasteiger charge is 2.19. The van der Waals surface area contributed by atoms with E-state index >= 15 is 0 Å². The lowest BCUT2D eigenvalue weighted by Gasteiger charge is -2.05. The molecule has 0 aromatic heterocycles. The molecule has 1 aromatic rings. The van der Waals surface area contributed by atoms with Crippen LogP contribution in [0.25, 0.3) is 0 Å². The van der Waals surface area contributed by atoms with E-state index in [1.54, 1.807) is 19.1 Å². The van der Waals surface area contributed by atoms with Crippen LogP contribution in [0.2, 0.25) is 0 Å². The van der Waals surface area contributed by atoms with Crippen molar-refractivity contribution in [3.05, 3.63) is 42.0 Å². The average Bonchev–Trinajstić information content (AvgIpc) is 2.35. The van der Waals surface area contributed by atoms with Crippen LogP contribution in [0.1, 0.15) is 18.9 Å². The summed E-state index contributed by atoms with van der Waals surface area (Å²) < 4.78 is 27.5. The lowest BCUT2D eigenvalue weighted by atomic mass is 10.2. The lowest BCUT2D eigenvalue weighted by molar-refractivity contribution is -0.206. The molecule has 5 nitrogen and oxygen atoms in total. The van der Waals surface area contributed by atoms with Gasteiger partial charge < -0.3 is 0 Å². The summed E-state index contributed by atoms with van der Waals surface area (Å²) in [6.07, 6.45) is 0.354. The molecule has 0 aliphatic heterocycles. The molecule has 1 aromatic carbocycles. The zero-order valence-corrected chi connectivity index (χ0v) is 11.0. The molecule has 0 saturated heterocycles. The molecule has 98 valence electrons. The van der Waals surface area contributed by atoms with Gasteiger partial charge in [-0.1, -0.05) is 31.2 Å². The Morgan fingerprint density at radius 3 is 2.33 bits per heavy atom. The average molecular weight is 270 g/mol. The summed E-state index contributed by atoms with van der Waals surface area (Å²) in [6.45, 7) is 6.92. The van der Waals surface area contributed by atoms with Gasteiger partial charge in [-0.3, -0.25) is 4.89 Å². The maximum absolute atomic E-state index is 11.6. The number of carbonyl (C=O) groups excluding carboxylic acids is 1. The van der Waals surface area contributed by atoms with Crippen molar-refractivity contribution < 1.29 is 22.4 Å². The van der Waals surface area contributed by atoms with Crippen molar-refractivity contribution in [1.82, 2.24) is 0 Å².